The van der Waals surface area contributed by atoms with E-state index in [4.69, 9.17) is 4.74 Å². The standard InChI is InChI=1S/C20H31N3O3/c1-19(2,3)26-18(25)23-20(12-6-4-7-13-20)15-22-17(24)11-10-16-9-5-8-14-21-16/h5,8-9,14H,4,6-7,10-13,15H2,1-3H3,(H,22,24)(H,23,25). The van der Waals surface area contributed by atoms with Crippen molar-refractivity contribution in [2.75, 3.05) is 6.54 Å². The van der Waals surface area contributed by atoms with Gasteiger partial charge in [-0.15, -0.1) is 0 Å². The minimum absolute atomic E-state index is 0.0217. The number of carbonyl (C=O) groups is 2. The molecule has 1 heterocycles. The average Bonchev–Trinajstić information content (AvgIpc) is 2.58. The van der Waals surface area contributed by atoms with E-state index in [2.05, 4.69) is 15.6 Å². The molecule has 0 bridgehead atoms. The Balaban J connectivity index is 1.86. The van der Waals surface area contributed by atoms with E-state index in [0.29, 0.717) is 19.4 Å². The minimum atomic E-state index is -0.536. The monoisotopic (exact) mass is 361 g/mol. The summed E-state index contributed by atoms with van der Waals surface area (Å²) in [4.78, 5) is 28.7. The van der Waals surface area contributed by atoms with Gasteiger partial charge in [0.2, 0.25) is 5.91 Å². The van der Waals surface area contributed by atoms with Crippen LogP contribution in [0.5, 0.6) is 0 Å². The molecule has 0 spiro atoms. The Kier molecular flexibility index (Phi) is 7.00. The van der Waals surface area contributed by atoms with Gasteiger partial charge < -0.3 is 15.4 Å². The molecular formula is C20H31N3O3. The summed E-state index contributed by atoms with van der Waals surface area (Å²) in [6.07, 6.45) is 7.26. The van der Waals surface area contributed by atoms with Crippen LogP contribution in [0.3, 0.4) is 0 Å². The molecule has 0 radical (unpaired) electrons. The summed E-state index contributed by atoms with van der Waals surface area (Å²) in [5, 5.41) is 6.02. The maximum atomic E-state index is 12.2. The highest BCUT2D eigenvalue weighted by Crippen LogP contribution is 2.28. The summed E-state index contributed by atoms with van der Waals surface area (Å²) < 4.78 is 5.41. The fraction of sp³-hybridized carbons (Fsp3) is 0.650. The summed E-state index contributed by atoms with van der Waals surface area (Å²) in [6, 6.07) is 5.70. The van der Waals surface area contributed by atoms with Gasteiger partial charge in [-0.3, -0.25) is 9.78 Å². The molecule has 1 aromatic heterocycles. The van der Waals surface area contributed by atoms with Gasteiger partial charge in [-0.2, -0.15) is 0 Å². The number of carbonyl (C=O) groups excluding carboxylic acids is 2. The molecule has 6 nitrogen and oxygen atoms in total. The van der Waals surface area contributed by atoms with Crippen LogP contribution in [0, 0.1) is 0 Å². The minimum Gasteiger partial charge on any atom is -0.444 e. The van der Waals surface area contributed by atoms with E-state index in [1.807, 2.05) is 39.0 Å². The lowest BCUT2D eigenvalue weighted by molar-refractivity contribution is -0.121. The Bertz CT molecular complexity index is 590. The van der Waals surface area contributed by atoms with E-state index >= 15 is 0 Å². The summed E-state index contributed by atoms with van der Waals surface area (Å²) in [5.41, 5.74) is -0.0467. The van der Waals surface area contributed by atoms with Crippen LogP contribution < -0.4 is 10.6 Å². The first-order valence-electron chi connectivity index (χ1n) is 9.46. The molecule has 0 aliphatic heterocycles. The maximum absolute atomic E-state index is 12.2. The molecule has 1 fully saturated rings. The van der Waals surface area contributed by atoms with Gasteiger partial charge in [0.15, 0.2) is 0 Å². The number of aryl methyl sites for hydroxylation is 1. The molecule has 1 aliphatic carbocycles. The summed E-state index contributed by atoms with van der Waals surface area (Å²) in [5.74, 6) is -0.0217. The zero-order chi connectivity index (χ0) is 19.0. The second kappa shape index (κ2) is 9.01. The fourth-order valence-electron chi connectivity index (χ4n) is 3.24. The Morgan fingerprint density at radius 2 is 1.92 bits per heavy atom. The second-order valence-corrected chi connectivity index (χ2v) is 8.07. The summed E-state index contributed by atoms with van der Waals surface area (Å²) in [6.45, 7) is 5.98. The van der Waals surface area contributed by atoms with Crippen LogP contribution in [0.25, 0.3) is 0 Å². The van der Waals surface area contributed by atoms with Crippen molar-refractivity contribution < 1.29 is 14.3 Å². The van der Waals surface area contributed by atoms with Gasteiger partial charge in [-0.25, -0.2) is 4.79 Å². The van der Waals surface area contributed by atoms with E-state index in [0.717, 1.165) is 37.8 Å². The summed E-state index contributed by atoms with van der Waals surface area (Å²) in [7, 11) is 0. The molecule has 2 amide bonds. The number of hydrogen-bond acceptors (Lipinski definition) is 4. The lowest BCUT2D eigenvalue weighted by atomic mass is 9.81. The number of pyridine rings is 1. The zero-order valence-corrected chi connectivity index (χ0v) is 16.1. The second-order valence-electron chi connectivity index (χ2n) is 8.07. The van der Waals surface area contributed by atoms with Crippen molar-refractivity contribution in [1.29, 1.82) is 0 Å². The lowest BCUT2D eigenvalue weighted by Crippen LogP contribution is -2.57. The first kappa shape index (κ1) is 20.2. The van der Waals surface area contributed by atoms with Gasteiger partial charge in [0.25, 0.3) is 0 Å². The molecule has 0 unspecified atom stereocenters. The van der Waals surface area contributed by atoms with Crippen LogP contribution in [0.4, 0.5) is 4.79 Å². The lowest BCUT2D eigenvalue weighted by Gasteiger charge is -2.38. The molecule has 0 atom stereocenters. The first-order valence-corrected chi connectivity index (χ1v) is 9.46. The van der Waals surface area contributed by atoms with Gasteiger partial charge >= 0.3 is 6.09 Å². The van der Waals surface area contributed by atoms with Crippen molar-refractivity contribution in [2.45, 2.75) is 76.9 Å². The Labute approximate surface area is 156 Å². The smallest absolute Gasteiger partial charge is 0.408 e. The van der Waals surface area contributed by atoms with Crippen molar-refractivity contribution in [3.63, 3.8) is 0 Å². The number of rotatable bonds is 6. The summed E-state index contributed by atoms with van der Waals surface area (Å²) >= 11 is 0. The van der Waals surface area contributed by atoms with Crippen LogP contribution in [0.2, 0.25) is 0 Å². The van der Waals surface area contributed by atoms with E-state index in [1.165, 1.54) is 0 Å². The van der Waals surface area contributed by atoms with Crippen molar-refractivity contribution in [2.24, 2.45) is 0 Å². The number of alkyl carbamates (subject to hydrolysis) is 1. The van der Waals surface area contributed by atoms with Gasteiger partial charge in [0.05, 0.1) is 5.54 Å². The van der Waals surface area contributed by atoms with Crippen LogP contribution in [-0.2, 0) is 16.0 Å². The first-order chi connectivity index (χ1) is 12.3. The van der Waals surface area contributed by atoms with Gasteiger partial charge in [0.1, 0.15) is 5.60 Å². The third-order valence-corrected chi connectivity index (χ3v) is 4.54. The number of hydrogen-bond donors (Lipinski definition) is 2. The third-order valence-electron chi connectivity index (χ3n) is 4.54. The molecule has 26 heavy (non-hydrogen) atoms. The van der Waals surface area contributed by atoms with Crippen molar-refractivity contribution in [1.82, 2.24) is 15.6 Å². The van der Waals surface area contributed by atoms with Crippen molar-refractivity contribution in [3.8, 4) is 0 Å². The predicted molar refractivity (Wildman–Crippen MR) is 101 cm³/mol. The number of ether oxygens (including phenoxy) is 1. The Morgan fingerprint density at radius 1 is 1.19 bits per heavy atom. The molecule has 1 saturated carbocycles. The van der Waals surface area contributed by atoms with E-state index in [9.17, 15) is 9.59 Å². The topological polar surface area (TPSA) is 80.3 Å². The average molecular weight is 361 g/mol. The zero-order valence-electron chi connectivity index (χ0n) is 16.1. The van der Waals surface area contributed by atoms with Gasteiger partial charge in [0, 0.05) is 24.9 Å². The van der Waals surface area contributed by atoms with Crippen molar-refractivity contribution >= 4 is 12.0 Å². The highest BCUT2D eigenvalue weighted by molar-refractivity contribution is 5.76. The largest absolute Gasteiger partial charge is 0.444 e. The van der Waals surface area contributed by atoms with Crippen LogP contribution >= 0.6 is 0 Å². The quantitative estimate of drug-likeness (QED) is 0.814. The predicted octanol–water partition coefficient (Wildman–Crippen LogP) is 3.36. The molecule has 2 N–H and O–H groups in total. The van der Waals surface area contributed by atoms with E-state index < -0.39 is 17.2 Å². The number of nitrogens with zero attached hydrogens (tertiary/aromatic N) is 1. The Morgan fingerprint density at radius 3 is 2.54 bits per heavy atom. The fourth-order valence-corrected chi connectivity index (χ4v) is 3.24. The molecule has 2 rings (SSSR count). The molecule has 144 valence electrons. The van der Waals surface area contributed by atoms with Crippen LogP contribution in [-0.4, -0.2) is 34.7 Å². The van der Waals surface area contributed by atoms with Crippen LogP contribution in [0.1, 0.15) is 65.0 Å². The SMILES string of the molecule is CC(C)(C)OC(=O)NC1(CNC(=O)CCc2ccccn2)CCCCC1. The molecule has 1 aromatic rings. The highest BCUT2D eigenvalue weighted by Gasteiger charge is 2.35. The number of amides is 2. The number of aromatic nitrogens is 1. The number of nitrogens with one attached hydrogen (secondary N) is 2. The third kappa shape index (κ3) is 7.02. The Hall–Kier alpha value is -2.11. The van der Waals surface area contributed by atoms with Gasteiger partial charge in [-0.1, -0.05) is 25.3 Å². The molecule has 1 aliphatic rings. The van der Waals surface area contributed by atoms with Gasteiger partial charge in [-0.05, 0) is 52.2 Å². The highest BCUT2D eigenvalue weighted by atomic mass is 16.6. The molecule has 0 aromatic carbocycles. The molecular weight excluding hydrogens is 330 g/mol. The van der Waals surface area contributed by atoms with E-state index in [1.54, 1.807) is 6.20 Å². The van der Waals surface area contributed by atoms with E-state index in [-0.39, 0.29) is 5.91 Å². The maximum Gasteiger partial charge on any atom is 0.408 e. The van der Waals surface area contributed by atoms with Crippen LogP contribution in [0.15, 0.2) is 24.4 Å². The normalized spacial score (nSPS) is 16.6. The molecule has 0 saturated heterocycles. The van der Waals surface area contributed by atoms with Crippen molar-refractivity contribution in [3.05, 3.63) is 30.1 Å². The molecule has 6 heteroatoms.